The summed E-state index contributed by atoms with van der Waals surface area (Å²) in [5.41, 5.74) is 6.99. The van der Waals surface area contributed by atoms with Crippen molar-refractivity contribution >= 4 is 5.91 Å². The molecule has 1 aromatic heterocycles. The van der Waals surface area contributed by atoms with Crippen LogP contribution in [0.3, 0.4) is 0 Å². The van der Waals surface area contributed by atoms with Gasteiger partial charge >= 0.3 is 0 Å². The lowest BCUT2D eigenvalue weighted by atomic mass is 9.74. The molecule has 4 heteroatoms. The van der Waals surface area contributed by atoms with E-state index < -0.39 is 11.0 Å². The smallest absolute Gasteiger partial charge is 0.227 e. The van der Waals surface area contributed by atoms with Gasteiger partial charge in [0.15, 0.2) is 0 Å². The number of aromatic nitrogens is 1. The topological polar surface area (TPSA) is 68.0 Å². The fraction of sp³-hybridized carbons (Fsp3) is 0.571. The summed E-state index contributed by atoms with van der Waals surface area (Å²) in [6.07, 6.45) is 3.52. The van der Waals surface area contributed by atoms with Crippen molar-refractivity contribution in [3.63, 3.8) is 0 Å². The summed E-state index contributed by atoms with van der Waals surface area (Å²) < 4.78 is 0. The minimum atomic E-state index is -0.622. The second kappa shape index (κ2) is 5.06. The largest absolute Gasteiger partial charge is 0.351 e. The van der Waals surface area contributed by atoms with E-state index in [0.29, 0.717) is 6.54 Å². The number of amides is 1. The van der Waals surface area contributed by atoms with Gasteiger partial charge in [-0.2, -0.15) is 0 Å². The molecule has 0 atom stereocenters. The predicted molar refractivity (Wildman–Crippen MR) is 72.9 cm³/mol. The Bertz CT molecular complexity index is 433. The quantitative estimate of drug-likeness (QED) is 0.854. The van der Waals surface area contributed by atoms with E-state index in [2.05, 4.69) is 10.3 Å². The Hall–Kier alpha value is -1.42. The van der Waals surface area contributed by atoms with Crippen LogP contribution in [0.15, 0.2) is 18.5 Å². The van der Waals surface area contributed by atoms with Crippen molar-refractivity contribution in [3.05, 3.63) is 29.6 Å². The van der Waals surface area contributed by atoms with Gasteiger partial charge in [-0.3, -0.25) is 9.78 Å². The number of nitrogens with zero attached hydrogens (tertiary/aromatic N) is 1. The summed E-state index contributed by atoms with van der Waals surface area (Å²) >= 11 is 0. The summed E-state index contributed by atoms with van der Waals surface area (Å²) in [5.74, 6) is -0.0433. The van der Waals surface area contributed by atoms with Gasteiger partial charge in [0.2, 0.25) is 5.91 Å². The van der Waals surface area contributed by atoms with Gasteiger partial charge in [-0.25, -0.2) is 0 Å². The fourth-order valence-electron chi connectivity index (χ4n) is 1.37. The maximum atomic E-state index is 12.2. The molecule has 18 heavy (non-hydrogen) atoms. The van der Waals surface area contributed by atoms with Crippen LogP contribution < -0.4 is 11.1 Å². The minimum absolute atomic E-state index is 0.0433. The van der Waals surface area contributed by atoms with Crippen LogP contribution in [-0.2, 0) is 11.3 Å². The van der Waals surface area contributed by atoms with E-state index in [1.807, 2.05) is 40.7 Å². The lowest BCUT2D eigenvalue weighted by molar-refractivity contribution is -0.132. The zero-order valence-corrected chi connectivity index (χ0v) is 11.9. The van der Waals surface area contributed by atoms with Gasteiger partial charge in [-0.05, 0) is 51.8 Å². The Morgan fingerprint density at radius 2 is 2.00 bits per heavy atom. The number of pyridine rings is 1. The molecule has 1 rings (SSSR count). The van der Waals surface area contributed by atoms with Gasteiger partial charge in [0.05, 0.1) is 5.41 Å². The molecule has 0 unspecified atom stereocenters. The van der Waals surface area contributed by atoms with Crippen LogP contribution >= 0.6 is 0 Å². The van der Waals surface area contributed by atoms with Crippen LogP contribution in [0.25, 0.3) is 0 Å². The molecule has 0 aromatic carbocycles. The second-order valence-corrected chi connectivity index (χ2v) is 5.83. The highest BCUT2D eigenvalue weighted by Crippen LogP contribution is 2.28. The zero-order valence-electron chi connectivity index (χ0n) is 11.9. The number of hydrogen-bond acceptors (Lipinski definition) is 3. The molecule has 0 aliphatic rings. The van der Waals surface area contributed by atoms with E-state index in [-0.39, 0.29) is 5.91 Å². The molecule has 3 N–H and O–H groups in total. The molecule has 4 nitrogen and oxygen atoms in total. The van der Waals surface area contributed by atoms with Crippen molar-refractivity contribution in [1.29, 1.82) is 0 Å². The molecule has 1 amide bonds. The van der Waals surface area contributed by atoms with Crippen LogP contribution in [0.1, 0.15) is 38.8 Å². The Labute approximate surface area is 109 Å². The van der Waals surface area contributed by atoms with Crippen molar-refractivity contribution in [2.24, 2.45) is 11.1 Å². The number of rotatable bonds is 4. The molecule has 100 valence electrons. The number of aryl methyl sites for hydroxylation is 1. The molecule has 0 aliphatic heterocycles. The third kappa shape index (κ3) is 3.07. The Morgan fingerprint density at radius 1 is 1.39 bits per heavy atom. The summed E-state index contributed by atoms with van der Waals surface area (Å²) in [4.78, 5) is 16.2. The number of nitrogens with one attached hydrogen (secondary N) is 1. The molecule has 0 saturated heterocycles. The van der Waals surface area contributed by atoms with E-state index in [0.717, 1.165) is 11.1 Å². The third-order valence-electron chi connectivity index (χ3n) is 3.77. The van der Waals surface area contributed by atoms with Crippen molar-refractivity contribution in [2.45, 2.75) is 46.7 Å². The zero-order chi connectivity index (χ0) is 14.0. The maximum absolute atomic E-state index is 12.2. The number of nitrogens with two attached hydrogens (primary N) is 1. The first-order valence-electron chi connectivity index (χ1n) is 6.13. The van der Waals surface area contributed by atoms with Crippen molar-refractivity contribution in [2.75, 3.05) is 0 Å². The SMILES string of the molecule is Cc1ccncc1CNC(=O)C(C)(C)C(C)(C)N. The van der Waals surface area contributed by atoms with Gasteiger partial charge < -0.3 is 11.1 Å². The lowest BCUT2D eigenvalue weighted by Crippen LogP contribution is -2.55. The molecule has 1 aromatic rings. The van der Waals surface area contributed by atoms with Crippen molar-refractivity contribution in [1.82, 2.24) is 10.3 Å². The second-order valence-electron chi connectivity index (χ2n) is 5.83. The number of carbonyl (C=O) groups is 1. The van der Waals surface area contributed by atoms with Crippen LogP contribution in [0.5, 0.6) is 0 Å². The van der Waals surface area contributed by atoms with Gasteiger partial charge in [-0.15, -0.1) is 0 Å². The first kappa shape index (κ1) is 14.6. The third-order valence-corrected chi connectivity index (χ3v) is 3.77. The maximum Gasteiger partial charge on any atom is 0.227 e. The fourth-order valence-corrected chi connectivity index (χ4v) is 1.37. The van der Waals surface area contributed by atoms with E-state index >= 15 is 0 Å². The van der Waals surface area contributed by atoms with Gasteiger partial charge in [0.1, 0.15) is 0 Å². The highest BCUT2D eigenvalue weighted by molar-refractivity contribution is 5.83. The minimum Gasteiger partial charge on any atom is -0.351 e. The average molecular weight is 249 g/mol. The van der Waals surface area contributed by atoms with Gasteiger partial charge in [-0.1, -0.05) is 0 Å². The molecule has 0 saturated carbocycles. The number of carbonyl (C=O) groups excluding carboxylic acids is 1. The Kier molecular flexibility index (Phi) is 4.12. The molecule has 0 spiro atoms. The van der Waals surface area contributed by atoms with E-state index in [1.165, 1.54) is 0 Å². The number of hydrogen-bond donors (Lipinski definition) is 2. The summed E-state index contributed by atoms with van der Waals surface area (Å²) in [5, 5.41) is 2.93. The first-order chi connectivity index (χ1) is 8.16. The van der Waals surface area contributed by atoms with Crippen LogP contribution in [0, 0.1) is 12.3 Å². The normalized spacial score (nSPS) is 12.3. The van der Waals surface area contributed by atoms with Gasteiger partial charge in [0.25, 0.3) is 0 Å². The van der Waals surface area contributed by atoms with E-state index in [1.54, 1.807) is 12.4 Å². The lowest BCUT2D eigenvalue weighted by Gasteiger charge is -2.36. The van der Waals surface area contributed by atoms with E-state index in [4.69, 9.17) is 5.73 Å². The summed E-state index contributed by atoms with van der Waals surface area (Å²) in [6, 6.07) is 1.93. The van der Waals surface area contributed by atoms with Crippen molar-refractivity contribution in [3.8, 4) is 0 Å². The molecule has 0 radical (unpaired) electrons. The van der Waals surface area contributed by atoms with E-state index in [9.17, 15) is 4.79 Å². The van der Waals surface area contributed by atoms with Crippen LogP contribution in [0.4, 0.5) is 0 Å². The molecule has 1 heterocycles. The predicted octanol–water partition coefficient (Wildman–Crippen LogP) is 1.77. The summed E-state index contributed by atoms with van der Waals surface area (Å²) in [7, 11) is 0. The molecular weight excluding hydrogens is 226 g/mol. The van der Waals surface area contributed by atoms with Crippen LogP contribution in [0.2, 0.25) is 0 Å². The summed E-state index contributed by atoms with van der Waals surface area (Å²) in [6.45, 7) is 9.93. The Morgan fingerprint density at radius 3 is 2.50 bits per heavy atom. The average Bonchev–Trinajstić information content (AvgIpc) is 2.26. The first-order valence-corrected chi connectivity index (χ1v) is 6.13. The highest BCUT2D eigenvalue weighted by atomic mass is 16.2. The Balaban J connectivity index is 2.71. The monoisotopic (exact) mass is 249 g/mol. The van der Waals surface area contributed by atoms with Gasteiger partial charge in [0, 0.05) is 24.5 Å². The highest BCUT2D eigenvalue weighted by Gasteiger charge is 2.40. The molecular formula is C14H23N3O. The van der Waals surface area contributed by atoms with Crippen LogP contribution in [-0.4, -0.2) is 16.4 Å². The molecule has 0 fully saturated rings. The van der Waals surface area contributed by atoms with Crippen molar-refractivity contribution < 1.29 is 4.79 Å². The standard InChI is InChI=1S/C14H23N3O/c1-10-6-7-16-8-11(10)9-17-12(18)13(2,3)14(4,5)15/h6-8H,9,15H2,1-5H3,(H,17,18). The molecule has 0 bridgehead atoms. The molecule has 0 aliphatic carbocycles.